The molecule has 1 N–H and O–H groups in total. The van der Waals surface area contributed by atoms with E-state index in [1.54, 1.807) is 0 Å². The molecule has 0 amide bonds. The summed E-state index contributed by atoms with van der Waals surface area (Å²) >= 11 is 3.70. The van der Waals surface area contributed by atoms with Gasteiger partial charge in [-0.15, -0.1) is 0 Å². The van der Waals surface area contributed by atoms with Gasteiger partial charge in [-0.25, -0.2) is 4.79 Å². The SMILES string of the molecule is CC([O-])=N[C@@H](CS)C(=O)O.[Li+]. The molecular formula is C5H8LiNO3S. The number of rotatable bonds is 3. The number of hydrogen-bond acceptors (Lipinski definition) is 4. The van der Waals surface area contributed by atoms with Crippen LogP contribution in [-0.4, -0.2) is 28.8 Å². The van der Waals surface area contributed by atoms with Crippen LogP contribution in [0.2, 0.25) is 0 Å². The molecule has 0 spiro atoms. The molecule has 0 aliphatic carbocycles. The molecule has 0 unspecified atom stereocenters. The van der Waals surface area contributed by atoms with Crippen molar-refractivity contribution < 1.29 is 33.9 Å². The van der Waals surface area contributed by atoms with Gasteiger partial charge < -0.3 is 10.2 Å². The summed E-state index contributed by atoms with van der Waals surface area (Å²) in [7, 11) is 0. The minimum Gasteiger partial charge on any atom is -0.862 e. The second kappa shape index (κ2) is 6.59. The average molecular weight is 169 g/mol. The van der Waals surface area contributed by atoms with Crippen LogP contribution < -0.4 is 24.0 Å². The minimum absolute atomic E-state index is 0. The quantitative estimate of drug-likeness (QED) is 0.197. The molecule has 0 aliphatic rings. The maximum atomic E-state index is 10.3. The van der Waals surface area contributed by atoms with Crippen LogP contribution in [0.5, 0.6) is 0 Å². The third-order valence-electron chi connectivity index (χ3n) is 0.796. The molecule has 0 rings (SSSR count). The van der Waals surface area contributed by atoms with Crippen LogP contribution in [0.25, 0.3) is 0 Å². The van der Waals surface area contributed by atoms with Gasteiger partial charge in [-0.05, 0) is 12.8 Å². The molecule has 0 saturated carbocycles. The summed E-state index contributed by atoms with van der Waals surface area (Å²) in [5.74, 6) is -1.55. The topological polar surface area (TPSA) is 72.7 Å². The fourth-order valence-electron chi connectivity index (χ4n) is 0.394. The van der Waals surface area contributed by atoms with Crippen molar-refractivity contribution in [3.63, 3.8) is 0 Å². The van der Waals surface area contributed by atoms with Crippen LogP contribution in [-0.2, 0) is 4.79 Å². The van der Waals surface area contributed by atoms with Gasteiger partial charge in [0.05, 0.1) is 0 Å². The summed E-state index contributed by atoms with van der Waals surface area (Å²) in [5.41, 5.74) is 0. The van der Waals surface area contributed by atoms with Gasteiger partial charge in [0.15, 0.2) is 6.04 Å². The van der Waals surface area contributed by atoms with E-state index in [0.29, 0.717) is 0 Å². The average Bonchev–Trinajstić information content (AvgIpc) is 1.81. The van der Waals surface area contributed by atoms with Crippen LogP contribution in [0.1, 0.15) is 6.92 Å². The predicted octanol–water partition coefficient (Wildman–Crippen LogP) is -3.85. The molecule has 0 aromatic rings. The van der Waals surface area contributed by atoms with E-state index in [9.17, 15) is 9.90 Å². The number of nitrogens with zero attached hydrogens (tertiary/aromatic N) is 1. The Morgan fingerprint density at radius 1 is 1.82 bits per heavy atom. The zero-order valence-electron chi connectivity index (χ0n) is 6.44. The van der Waals surface area contributed by atoms with Crippen molar-refractivity contribution in [2.75, 3.05) is 5.75 Å². The molecule has 0 saturated heterocycles. The van der Waals surface area contributed by atoms with Gasteiger partial charge >= 0.3 is 24.8 Å². The molecular weight excluding hydrogens is 161 g/mol. The van der Waals surface area contributed by atoms with Crippen molar-refractivity contribution >= 4 is 24.5 Å². The normalized spacial score (nSPS) is 13.5. The van der Waals surface area contributed by atoms with Crippen LogP contribution in [0.3, 0.4) is 0 Å². The van der Waals surface area contributed by atoms with Crippen molar-refractivity contribution in [2.45, 2.75) is 13.0 Å². The second-order valence-electron chi connectivity index (χ2n) is 1.68. The van der Waals surface area contributed by atoms with Gasteiger partial charge in [0, 0.05) is 5.75 Å². The standard InChI is InChI=1S/C5H9NO3S.Li/c1-3(7)6-4(2-10)5(8)9;/h4,10H,2H2,1H3,(H,6,7)(H,8,9);/q;+1/p-1/t4-;/m0./s1. The number of carboxylic acid groups (broad SMARTS) is 1. The third-order valence-corrected chi connectivity index (χ3v) is 1.14. The largest absolute Gasteiger partial charge is 1.00 e. The monoisotopic (exact) mass is 169 g/mol. The van der Waals surface area contributed by atoms with Crippen molar-refractivity contribution in [1.29, 1.82) is 0 Å². The molecule has 0 bridgehead atoms. The fraction of sp³-hybridized carbons (Fsp3) is 0.600. The third kappa shape index (κ3) is 6.29. The first kappa shape index (κ1) is 13.5. The zero-order valence-corrected chi connectivity index (χ0v) is 7.34. The van der Waals surface area contributed by atoms with Gasteiger partial charge in [-0.1, -0.05) is 0 Å². The van der Waals surface area contributed by atoms with Gasteiger partial charge in [0.25, 0.3) is 0 Å². The molecule has 6 heteroatoms. The molecule has 4 nitrogen and oxygen atoms in total. The Morgan fingerprint density at radius 3 is 2.36 bits per heavy atom. The first-order chi connectivity index (χ1) is 4.57. The smallest absolute Gasteiger partial charge is 0.862 e. The number of carboxylic acids is 1. The van der Waals surface area contributed by atoms with Crippen molar-refractivity contribution in [3.8, 4) is 0 Å². The first-order valence-electron chi connectivity index (χ1n) is 2.63. The van der Waals surface area contributed by atoms with E-state index < -0.39 is 17.9 Å². The fourth-order valence-corrected chi connectivity index (χ4v) is 0.631. The van der Waals surface area contributed by atoms with E-state index in [4.69, 9.17) is 5.11 Å². The zero-order chi connectivity index (χ0) is 8.15. The van der Waals surface area contributed by atoms with E-state index in [-0.39, 0.29) is 24.6 Å². The summed E-state index contributed by atoms with van der Waals surface area (Å²) in [6.45, 7) is 1.21. The van der Waals surface area contributed by atoms with E-state index in [1.807, 2.05) is 0 Å². The van der Waals surface area contributed by atoms with E-state index in [1.165, 1.54) is 6.92 Å². The van der Waals surface area contributed by atoms with Crippen LogP contribution in [0, 0.1) is 0 Å². The number of aliphatic carboxylic acids is 1. The summed E-state index contributed by atoms with van der Waals surface area (Å²) in [6.07, 6.45) is 0. The van der Waals surface area contributed by atoms with E-state index in [0.717, 1.165) is 0 Å². The van der Waals surface area contributed by atoms with Crippen LogP contribution in [0.4, 0.5) is 0 Å². The number of carbonyl (C=O) groups is 1. The predicted molar refractivity (Wildman–Crippen MR) is 38.4 cm³/mol. The molecule has 58 valence electrons. The minimum atomic E-state index is -1.12. The molecule has 0 radical (unpaired) electrons. The first-order valence-corrected chi connectivity index (χ1v) is 3.26. The van der Waals surface area contributed by atoms with Gasteiger partial charge in [0.1, 0.15) is 0 Å². The Kier molecular flexibility index (Phi) is 8.07. The maximum absolute atomic E-state index is 10.3. The Morgan fingerprint density at radius 2 is 2.27 bits per heavy atom. The second-order valence-corrected chi connectivity index (χ2v) is 2.05. The van der Waals surface area contributed by atoms with Crippen LogP contribution >= 0.6 is 12.6 Å². The Balaban J connectivity index is 0. The molecule has 0 aromatic carbocycles. The van der Waals surface area contributed by atoms with Crippen LogP contribution in [0.15, 0.2) is 4.99 Å². The Hall–Kier alpha value is -0.113. The van der Waals surface area contributed by atoms with Crippen molar-refractivity contribution in [3.05, 3.63) is 0 Å². The molecule has 0 aromatic heterocycles. The number of thiol groups is 1. The summed E-state index contributed by atoms with van der Waals surface area (Å²) in [5, 5.41) is 18.6. The van der Waals surface area contributed by atoms with Gasteiger partial charge in [-0.2, -0.15) is 12.6 Å². The molecule has 0 heterocycles. The molecule has 0 aliphatic heterocycles. The van der Waals surface area contributed by atoms with Gasteiger partial charge in [-0.3, -0.25) is 4.99 Å². The van der Waals surface area contributed by atoms with Gasteiger partial charge in [0.2, 0.25) is 0 Å². The van der Waals surface area contributed by atoms with E-state index in [2.05, 4.69) is 17.6 Å². The summed E-state index contributed by atoms with van der Waals surface area (Å²) in [6, 6.07) is -0.999. The number of hydrogen-bond donors (Lipinski definition) is 2. The molecule has 11 heavy (non-hydrogen) atoms. The van der Waals surface area contributed by atoms with Crippen molar-refractivity contribution in [1.82, 2.24) is 0 Å². The van der Waals surface area contributed by atoms with E-state index >= 15 is 0 Å². The maximum Gasteiger partial charge on any atom is 1.00 e. The number of aliphatic imine (C=N–C) groups is 1. The Bertz CT molecular complexity index is 158. The Labute approximate surface area is 82.3 Å². The molecule has 0 fully saturated rings. The molecule has 1 atom stereocenters. The summed E-state index contributed by atoms with van der Waals surface area (Å²) in [4.78, 5) is 13.5. The summed E-state index contributed by atoms with van der Waals surface area (Å²) < 4.78 is 0. The van der Waals surface area contributed by atoms with Crippen molar-refractivity contribution in [2.24, 2.45) is 4.99 Å².